The Bertz CT molecular complexity index is 166. The molecule has 0 radical (unpaired) electrons. The molecule has 1 rings (SSSR count). The van der Waals surface area contributed by atoms with Crippen LogP contribution in [-0.4, -0.2) is 5.78 Å². The maximum atomic E-state index is 10.9. The summed E-state index contributed by atoms with van der Waals surface area (Å²) in [6.07, 6.45) is 2.56. The number of hydrogen-bond acceptors (Lipinski definition) is 1. The summed E-state index contributed by atoms with van der Waals surface area (Å²) >= 11 is 5.64. The first-order valence-corrected chi connectivity index (χ1v) is 3.48. The molecule has 0 aromatic heterocycles. The summed E-state index contributed by atoms with van der Waals surface area (Å²) in [6.45, 7) is 1.78. The number of carbonyl (C=O) groups excluding carboxylic acids is 1. The van der Waals surface area contributed by atoms with Crippen LogP contribution in [0.2, 0.25) is 0 Å². The first kappa shape index (κ1) is 6.81. The van der Waals surface area contributed by atoms with Gasteiger partial charge in [-0.2, -0.15) is 0 Å². The van der Waals surface area contributed by atoms with Crippen LogP contribution in [0.1, 0.15) is 26.2 Å². The van der Waals surface area contributed by atoms with E-state index in [2.05, 4.69) is 0 Å². The normalized spacial score (nSPS) is 24.9. The lowest BCUT2D eigenvalue weighted by molar-refractivity contribution is -0.114. The molecule has 0 atom stereocenters. The SMILES string of the molecule is C/C(Cl)=C1/CCCC1=O. The molecule has 1 aliphatic carbocycles. The Morgan fingerprint density at radius 3 is 2.44 bits per heavy atom. The van der Waals surface area contributed by atoms with E-state index < -0.39 is 0 Å². The Labute approximate surface area is 59.7 Å². The number of allylic oxidation sites excluding steroid dienone is 2. The van der Waals surface area contributed by atoms with Crippen LogP contribution in [0.4, 0.5) is 0 Å². The van der Waals surface area contributed by atoms with Crippen molar-refractivity contribution in [2.24, 2.45) is 0 Å². The van der Waals surface area contributed by atoms with Gasteiger partial charge in [0, 0.05) is 17.0 Å². The van der Waals surface area contributed by atoms with Gasteiger partial charge in [0.2, 0.25) is 0 Å². The molecule has 0 aromatic rings. The Morgan fingerprint density at radius 1 is 1.56 bits per heavy atom. The van der Waals surface area contributed by atoms with Crippen molar-refractivity contribution in [1.29, 1.82) is 0 Å². The Morgan fingerprint density at radius 2 is 2.22 bits per heavy atom. The van der Waals surface area contributed by atoms with Gasteiger partial charge in [-0.05, 0) is 19.8 Å². The summed E-state index contributed by atoms with van der Waals surface area (Å²) in [6, 6.07) is 0. The van der Waals surface area contributed by atoms with E-state index in [4.69, 9.17) is 11.6 Å². The fourth-order valence-corrected chi connectivity index (χ4v) is 1.28. The lowest BCUT2D eigenvalue weighted by Crippen LogP contribution is -1.91. The molecule has 0 aromatic carbocycles. The highest BCUT2D eigenvalue weighted by atomic mass is 35.5. The Balaban J connectivity index is 2.83. The molecule has 50 valence electrons. The van der Waals surface area contributed by atoms with Crippen molar-refractivity contribution < 1.29 is 4.79 Å². The molecule has 0 unspecified atom stereocenters. The van der Waals surface area contributed by atoms with E-state index in [1.165, 1.54) is 0 Å². The topological polar surface area (TPSA) is 17.1 Å². The molecule has 0 saturated heterocycles. The summed E-state index contributed by atoms with van der Waals surface area (Å²) in [4.78, 5) is 10.9. The molecule has 0 amide bonds. The van der Waals surface area contributed by atoms with E-state index in [0.29, 0.717) is 11.5 Å². The second-order valence-electron chi connectivity index (χ2n) is 2.29. The summed E-state index contributed by atoms with van der Waals surface area (Å²) in [5.74, 6) is 0.238. The third kappa shape index (κ3) is 1.33. The van der Waals surface area contributed by atoms with Gasteiger partial charge in [-0.25, -0.2) is 0 Å². The fraction of sp³-hybridized carbons (Fsp3) is 0.571. The van der Waals surface area contributed by atoms with Crippen molar-refractivity contribution in [3.05, 3.63) is 10.6 Å². The Kier molecular flexibility index (Phi) is 1.91. The predicted molar refractivity (Wildman–Crippen MR) is 37.4 cm³/mol. The average molecular weight is 145 g/mol. The van der Waals surface area contributed by atoms with Crippen LogP contribution in [0.5, 0.6) is 0 Å². The Hall–Kier alpha value is -0.300. The summed E-state index contributed by atoms with van der Waals surface area (Å²) in [5.41, 5.74) is 0.844. The van der Waals surface area contributed by atoms with Crippen LogP contribution >= 0.6 is 11.6 Å². The van der Waals surface area contributed by atoms with Gasteiger partial charge in [-0.3, -0.25) is 4.79 Å². The van der Waals surface area contributed by atoms with Crippen LogP contribution in [0.3, 0.4) is 0 Å². The minimum absolute atomic E-state index is 0.238. The van der Waals surface area contributed by atoms with Crippen molar-refractivity contribution in [2.75, 3.05) is 0 Å². The number of ketones is 1. The average Bonchev–Trinajstić information content (AvgIpc) is 2.13. The van der Waals surface area contributed by atoms with Crippen molar-refractivity contribution in [3.8, 4) is 0 Å². The first-order valence-electron chi connectivity index (χ1n) is 3.10. The smallest absolute Gasteiger partial charge is 0.160 e. The number of Topliss-reactive ketones (excluding diaryl/α,β-unsaturated/α-hetero) is 1. The molecular formula is C7H9ClO. The van der Waals surface area contributed by atoms with Crippen molar-refractivity contribution in [2.45, 2.75) is 26.2 Å². The molecular weight excluding hydrogens is 136 g/mol. The maximum absolute atomic E-state index is 10.9. The minimum atomic E-state index is 0.238. The fourth-order valence-electron chi connectivity index (χ4n) is 1.08. The molecule has 1 saturated carbocycles. The summed E-state index contributed by atoms with van der Waals surface area (Å²) in [5, 5.41) is 0.678. The van der Waals surface area contributed by atoms with Crippen LogP contribution in [0, 0.1) is 0 Å². The first-order chi connectivity index (χ1) is 4.22. The number of hydrogen-bond donors (Lipinski definition) is 0. The van der Waals surface area contributed by atoms with Crippen molar-refractivity contribution in [3.63, 3.8) is 0 Å². The van der Waals surface area contributed by atoms with E-state index in [1.807, 2.05) is 0 Å². The van der Waals surface area contributed by atoms with Gasteiger partial charge in [-0.1, -0.05) is 11.6 Å². The van der Waals surface area contributed by atoms with Crippen LogP contribution in [-0.2, 0) is 4.79 Å². The molecule has 0 aliphatic heterocycles. The largest absolute Gasteiger partial charge is 0.295 e. The van der Waals surface area contributed by atoms with Gasteiger partial charge in [0.15, 0.2) is 5.78 Å². The van der Waals surface area contributed by atoms with E-state index in [-0.39, 0.29) is 5.78 Å². The van der Waals surface area contributed by atoms with Crippen LogP contribution in [0.25, 0.3) is 0 Å². The highest BCUT2D eigenvalue weighted by Gasteiger charge is 2.18. The lowest BCUT2D eigenvalue weighted by atomic mass is 10.2. The standard InChI is InChI=1S/C7H9ClO/c1-5(8)6-3-2-4-7(6)9/h2-4H2,1H3/b6-5+. The quantitative estimate of drug-likeness (QED) is 0.477. The molecule has 0 spiro atoms. The van der Waals surface area contributed by atoms with Gasteiger partial charge >= 0.3 is 0 Å². The molecule has 1 nitrogen and oxygen atoms in total. The molecule has 1 aliphatic rings. The zero-order valence-corrected chi connectivity index (χ0v) is 6.16. The monoisotopic (exact) mass is 144 g/mol. The van der Waals surface area contributed by atoms with Gasteiger partial charge in [0.1, 0.15) is 0 Å². The van der Waals surface area contributed by atoms with Gasteiger partial charge in [0.25, 0.3) is 0 Å². The molecule has 1 fully saturated rings. The third-order valence-corrected chi connectivity index (χ3v) is 1.81. The number of halogens is 1. The zero-order chi connectivity index (χ0) is 6.85. The second-order valence-corrected chi connectivity index (χ2v) is 2.86. The van der Waals surface area contributed by atoms with E-state index in [1.54, 1.807) is 6.92 Å². The van der Waals surface area contributed by atoms with Gasteiger partial charge in [0.05, 0.1) is 0 Å². The van der Waals surface area contributed by atoms with Crippen molar-refractivity contribution >= 4 is 17.4 Å². The van der Waals surface area contributed by atoms with Gasteiger partial charge < -0.3 is 0 Å². The highest BCUT2D eigenvalue weighted by molar-refractivity contribution is 6.31. The molecule has 0 bridgehead atoms. The van der Waals surface area contributed by atoms with Crippen LogP contribution in [0.15, 0.2) is 10.6 Å². The molecule has 0 N–H and O–H groups in total. The zero-order valence-electron chi connectivity index (χ0n) is 5.41. The minimum Gasteiger partial charge on any atom is -0.295 e. The van der Waals surface area contributed by atoms with E-state index in [9.17, 15) is 4.79 Å². The van der Waals surface area contributed by atoms with Gasteiger partial charge in [-0.15, -0.1) is 0 Å². The van der Waals surface area contributed by atoms with Crippen LogP contribution < -0.4 is 0 Å². The molecule has 9 heavy (non-hydrogen) atoms. The van der Waals surface area contributed by atoms with Crippen molar-refractivity contribution in [1.82, 2.24) is 0 Å². The lowest BCUT2D eigenvalue weighted by Gasteiger charge is -1.92. The highest BCUT2D eigenvalue weighted by Crippen LogP contribution is 2.24. The predicted octanol–water partition coefficient (Wildman–Crippen LogP) is 2.25. The second kappa shape index (κ2) is 2.53. The number of carbonyl (C=O) groups is 1. The van der Waals surface area contributed by atoms with E-state index in [0.717, 1.165) is 18.4 Å². The molecule has 2 heteroatoms. The molecule has 0 heterocycles. The third-order valence-electron chi connectivity index (χ3n) is 1.58. The summed E-state index contributed by atoms with van der Waals surface area (Å²) in [7, 11) is 0. The van der Waals surface area contributed by atoms with E-state index >= 15 is 0 Å². The number of rotatable bonds is 0. The summed E-state index contributed by atoms with van der Waals surface area (Å²) < 4.78 is 0. The maximum Gasteiger partial charge on any atom is 0.160 e.